The van der Waals surface area contributed by atoms with Gasteiger partial charge in [0.25, 0.3) is 5.91 Å². The maximum absolute atomic E-state index is 12.4. The number of amides is 1. The van der Waals surface area contributed by atoms with Crippen molar-refractivity contribution in [3.05, 3.63) is 70.2 Å². The fraction of sp³-hybridized carbons (Fsp3) is 0.300. The monoisotopic (exact) mass is 356 g/mol. The van der Waals surface area contributed by atoms with Gasteiger partial charge in [0.15, 0.2) is 0 Å². The van der Waals surface area contributed by atoms with Crippen molar-refractivity contribution < 1.29 is 9.59 Å². The molecular formula is C20H21ClN2O2. The van der Waals surface area contributed by atoms with Crippen molar-refractivity contribution in [1.29, 1.82) is 0 Å². The van der Waals surface area contributed by atoms with Gasteiger partial charge in [0.1, 0.15) is 6.29 Å². The van der Waals surface area contributed by atoms with E-state index < -0.39 is 0 Å². The minimum Gasteiger partial charge on any atom is -0.350 e. The first kappa shape index (κ1) is 17.6. The van der Waals surface area contributed by atoms with Gasteiger partial charge in [-0.1, -0.05) is 35.9 Å². The minimum absolute atomic E-state index is 0.111. The summed E-state index contributed by atoms with van der Waals surface area (Å²) < 4.78 is 0. The third-order valence-corrected chi connectivity index (χ3v) is 4.81. The maximum Gasteiger partial charge on any atom is 0.251 e. The van der Waals surface area contributed by atoms with Crippen LogP contribution in [0.2, 0.25) is 5.02 Å². The van der Waals surface area contributed by atoms with Gasteiger partial charge in [-0.2, -0.15) is 0 Å². The predicted octanol–water partition coefficient (Wildman–Crippen LogP) is 3.72. The SMILES string of the molecule is O=Cc1ccc(C(=O)NCC(c2cccc(Cl)c2)N2CCCC2)cc1. The zero-order valence-corrected chi connectivity index (χ0v) is 14.7. The Balaban J connectivity index is 1.71. The molecule has 4 nitrogen and oxygen atoms in total. The minimum atomic E-state index is -0.135. The van der Waals surface area contributed by atoms with Crippen molar-refractivity contribution >= 4 is 23.8 Å². The molecule has 1 amide bonds. The molecular weight excluding hydrogens is 336 g/mol. The van der Waals surface area contributed by atoms with Gasteiger partial charge in [-0.15, -0.1) is 0 Å². The number of nitrogens with zero attached hydrogens (tertiary/aromatic N) is 1. The average molecular weight is 357 g/mol. The van der Waals surface area contributed by atoms with Crippen molar-refractivity contribution in [3.63, 3.8) is 0 Å². The van der Waals surface area contributed by atoms with E-state index in [0.29, 0.717) is 22.7 Å². The first-order valence-electron chi connectivity index (χ1n) is 8.50. The van der Waals surface area contributed by atoms with Crippen LogP contribution in [0.25, 0.3) is 0 Å². The van der Waals surface area contributed by atoms with Gasteiger partial charge >= 0.3 is 0 Å². The Bertz CT molecular complexity index is 740. The quantitative estimate of drug-likeness (QED) is 0.802. The van der Waals surface area contributed by atoms with E-state index >= 15 is 0 Å². The van der Waals surface area contributed by atoms with Gasteiger partial charge in [-0.25, -0.2) is 0 Å². The topological polar surface area (TPSA) is 49.4 Å². The van der Waals surface area contributed by atoms with Crippen LogP contribution < -0.4 is 5.32 Å². The molecule has 1 aliphatic rings. The number of aldehydes is 1. The molecule has 0 spiro atoms. The molecule has 1 saturated heterocycles. The lowest BCUT2D eigenvalue weighted by Crippen LogP contribution is -2.36. The Morgan fingerprint density at radius 1 is 1.16 bits per heavy atom. The number of benzene rings is 2. The largest absolute Gasteiger partial charge is 0.350 e. The van der Waals surface area contributed by atoms with Crippen LogP contribution in [0.15, 0.2) is 48.5 Å². The fourth-order valence-electron chi connectivity index (χ4n) is 3.23. The molecule has 0 saturated carbocycles. The first-order valence-corrected chi connectivity index (χ1v) is 8.88. The standard InChI is InChI=1S/C20H21ClN2O2/c21-18-5-3-4-17(12-18)19(23-10-1-2-11-23)13-22-20(25)16-8-6-15(14-24)7-9-16/h3-9,12,14,19H,1-2,10-11,13H2,(H,22,25). The van der Waals surface area contributed by atoms with Crippen LogP contribution in [-0.4, -0.2) is 36.7 Å². The van der Waals surface area contributed by atoms with Crippen molar-refractivity contribution in [2.75, 3.05) is 19.6 Å². The lowest BCUT2D eigenvalue weighted by molar-refractivity contribution is 0.0937. The highest BCUT2D eigenvalue weighted by Gasteiger charge is 2.24. The van der Waals surface area contributed by atoms with E-state index in [0.717, 1.165) is 24.9 Å². The van der Waals surface area contributed by atoms with Crippen LogP contribution in [-0.2, 0) is 0 Å². The van der Waals surface area contributed by atoms with E-state index in [9.17, 15) is 9.59 Å². The van der Waals surface area contributed by atoms with Gasteiger partial charge in [-0.3, -0.25) is 14.5 Å². The average Bonchev–Trinajstić information content (AvgIpc) is 3.16. The Kier molecular flexibility index (Phi) is 5.84. The van der Waals surface area contributed by atoms with E-state index in [-0.39, 0.29) is 11.9 Å². The van der Waals surface area contributed by atoms with Gasteiger partial charge < -0.3 is 5.32 Å². The second-order valence-corrected chi connectivity index (χ2v) is 6.70. The van der Waals surface area contributed by atoms with E-state index in [1.54, 1.807) is 24.3 Å². The highest BCUT2D eigenvalue weighted by Crippen LogP contribution is 2.26. The third-order valence-electron chi connectivity index (χ3n) is 4.58. The maximum atomic E-state index is 12.4. The summed E-state index contributed by atoms with van der Waals surface area (Å²) >= 11 is 6.15. The summed E-state index contributed by atoms with van der Waals surface area (Å²) in [6.07, 6.45) is 3.13. The third kappa shape index (κ3) is 4.47. The molecule has 1 fully saturated rings. The molecule has 1 heterocycles. The zero-order valence-electron chi connectivity index (χ0n) is 14.0. The Morgan fingerprint density at radius 3 is 2.52 bits per heavy atom. The van der Waals surface area contributed by atoms with Crippen molar-refractivity contribution in [3.8, 4) is 0 Å². The molecule has 130 valence electrons. The summed E-state index contributed by atoms with van der Waals surface area (Å²) in [5.41, 5.74) is 2.23. The summed E-state index contributed by atoms with van der Waals surface area (Å²) in [7, 11) is 0. The molecule has 2 aromatic rings. The molecule has 2 aromatic carbocycles. The van der Waals surface area contributed by atoms with Crippen LogP contribution in [0.3, 0.4) is 0 Å². The van der Waals surface area contributed by atoms with Crippen LogP contribution in [0.4, 0.5) is 0 Å². The number of hydrogen-bond donors (Lipinski definition) is 1. The zero-order chi connectivity index (χ0) is 17.6. The number of carbonyl (C=O) groups is 2. The number of carbonyl (C=O) groups excluding carboxylic acids is 2. The molecule has 1 N–H and O–H groups in total. The lowest BCUT2D eigenvalue weighted by atomic mass is 10.1. The molecule has 1 aliphatic heterocycles. The highest BCUT2D eigenvalue weighted by molar-refractivity contribution is 6.30. The molecule has 5 heteroatoms. The normalized spacial score (nSPS) is 15.7. The number of nitrogens with one attached hydrogen (secondary N) is 1. The molecule has 1 atom stereocenters. The fourth-order valence-corrected chi connectivity index (χ4v) is 3.43. The van der Waals surface area contributed by atoms with Crippen molar-refractivity contribution in [2.24, 2.45) is 0 Å². The van der Waals surface area contributed by atoms with E-state index in [1.165, 1.54) is 12.8 Å². The number of halogens is 1. The number of likely N-dealkylation sites (tertiary alicyclic amines) is 1. The Hall–Kier alpha value is -2.17. The number of rotatable bonds is 6. The van der Waals surface area contributed by atoms with Gasteiger partial charge in [0.05, 0.1) is 6.04 Å². The van der Waals surface area contributed by atoms with Gasteiger partial charge in [-0.05, 0) is 55.8 Å². The van der Waals surface area contributed by atoms with E-state index in [4.69, 9.17) is 11.6 Å². The molecule has 3 rings (SSSR count). The van der Waals surface area contributed by atoms with Crippen LogP contribution in [0.5, 0.6) is 0 Å². The first-order chi connectivity index (χ1) is 12.2. The molecule has 0 bridgehead atoms. The second kappa shape index (κ2) is 8.28. The molecule has 0 aromatic heterocycles. The number of hydrogen-bond acceptors (Lipinski definition) is 3. The van der Waals surface area contributed by atoms with Crippen LogP contribution >= 0.6 is 11.6 Å². The van der Waals surface area contributed by atoms with Gasteiger partial charge in [0.2, 0.25) is 0 Å². The molecule has 0 radical (unpaired) electrons. The summed E-state index contributed by atoms with van der Waals surface area (Å²) in [6.45, 7) is 2.58. The highest BCUT2D eigenvalue weighted by atomic mass is 35.5. The summed E-state index contributed by atoms with van der Waals surface area (Å²) in [5.74, 6) is -0.135. The van der Waals surface area contributed by atoms with Crippen molar-refractivity contribution in [2.45, 2.75) is 18.9 Å². The summed E-state index contributed by atoms with van der Waals surface area (Å²) in [4.78, 5) is 25.5. The summed E-state index contributed by atoms with van der Waals surface area (Å²) in [5, 5.41) is 3.73. The van der Waals surface area contributed by atoms with E-state index in [2.05, 4.69) is 16.3 Å². The van der Waals surface area contributed by atoms with E-state index in [1.807, 2.05) is 18.2 Å². The smallest absolute Gasteiger partial charge is 0.251 e. The Morgan fingerprint density at radius 2 is 1.88 bits per heavy atom. The molecule has 0 aliphatic carbocycles. The van der Waals surface area contributed by atoms with Crippen molar-refractivity contribution in [1.82, 2.24) is 10.2 Å². The lowest BCUT2D eigenvalue weighted by Gasteiger charge is -2.28. The Labute approximate surface area is 152 Å². The van der Waals surface area contributed by atoms with Crippen LogP contribution in [0, 0.1) is 0 Å². The van der Waals surface area contributed by atoms with Crippen LogP contribution in [0.1, 0.15) is 45.2 Å². The second-order valence-electron chi connectivity index (χ2n) is 6.26. The molecule has 1 unspecified atom stereocenters. The van der Waals surface area contributed by atoms with Gasteiger partial charge in [0, 0.05) is 22.7 Å². The predicted molar refractivity (Wildman–Crippen MR) is 99.2 cm³/mol. The molecule has 25 heavy (non-hydrogen) atoms. The summed E-state index contributed by atoms with van der Waals surface area (Å²) in [6, 6.07) is 14.6.